The monoisotopic (exact) mass is 431 g/mol. The smallest absolute Gasteiger partial charge is 0.322 e. The molecule has 1 fully saturated rings. The van der Waals surface area contributed by atoms with Crippen LogP contribution in [0.25, 0.3) is 5.69 Å². The first-order valence-corrected chi connectivity index (χ1v) is 10.5. The molecule has 3 N–H and O–H groups in total. The van der Waals surface area contributed by atoms with E-state index in [-0.39, 0.29) is 5.91 Å². The van der Waals surface area contributed by atoms with E-state index in [2.05, 4.69) is 21.0 Å². The van der Waals surface area contributed by atoms with Gasteiger partial charge < -0.3 is 10.6 Å². The van der Waals surface area contributed by atoms with Gasteiger partial charge >= 0.3 is 6.03 Å². The fraction of sp³-hybridized carbons (Fsp3) is 0.250. The minimum Gasteiger partial charge on any atom is -0.352 e. The van der Waals surface area contributed by atoms with Crippen molar-refractivity contribution in [1.82, 2.24) is 25.7 Å². The molecule has 1 aliphatic rings. The molecule has 0 bridgehead atoms. The van der Waals surface area contributed by atoms with Crippen LogP contribution in [-0.2, 0) is 16.8 Å². The summed E-state index contributed by atoms with van der Waals surface area (Å²) in [5.74, 6) is -0.664. The second-order valence-electron chi connectivity index (χ2n) is 7.99. The predicted molar refractivity (Wildman–Crippen MR) is 119 cm³/mol. The zero-order valence-electron chi connectivity index (χ0n) is 18.0. The molecule has 0 saturated carbocycles. The van der Waals surface area contributed by atoms with Crippen molar-refractivity contribution < 1.29 is 14.4 Å². The number of carbonyl (C=O) groups is 3. The Morgan fingerprint density at radius 3 is 2.62 bits per heavy atom. The molecule has 32 heavy (non-hydrogen) atoms. The van der Waals surface area contributed by atoms with Crippen molar-refractivity contribution in [3.05, 3.63) is 83.2 Å². The van der Waals surface area contributed by atoms with E-state index in [4.69, 9.17) is 0 Å². The van der Waals surface area contributed by atoms with E-state index < -0.39 is 17.5 Å². The summed E-state index contributed by atoms with van der Waals surface area (Å²) in [5.41, 5.74) is 2.92. The van der Waals surface area contributed by atoms with Crippen LogP contribution >= 0.6 is 0 Å². The zero-order valence-corrected chi connectivity index (χ0v) is 18.0. The van der Waals surface area contributed by atoms with Gasteiger partial charge in [-0.05, 0) is 62.1 Å². The van der Waals surface area contributed by atoms with Gasteiger partial charge in [0.05, 0.1) is 11.4 Å². The summed E-state index contributed by atoms with van der Waals surface area (Å²) in [7, 11) is 0. The summed E-state index contributed by atoms with van der Waals surface area (Å²) in [5, 5.41) is 12.3. The number of nitrogens with zero attached hydrogens (tertiary/aromatic N) is 2. The SMILES string of the molecule is Cc1nn(-c2ccccc2)cc1CCCNC(=O)c1cccc(C2(C)NC(=O)NC2=O)c1. The van der Waals surface area contributed by atoms with Gasteiger partial charge in [0.2, 0.25) is 0 Å². The first-order valence-electron chi connectivity index (χ1n) is 10.5. The standard InChI is InChI=1S/C24H25N5O3/c1-16-18(15-29(28-16)20-11-4-3-5-12-20)9-7-13-25-21(30)17-8-6-10-19(14-17)24(2)22(31)26-23(32)27-24/h3-6,8,10-12,14-15H,7,9,13H2,1-2H3,(H,25,30)(H2,26,27,31,32). The summed E-state index contributed by atoms with van der Waals surface area (Å²) in [6.45, 7) is 4.10. The van der Waals surface area contributed by atoms with E-state index in [1.165, 1.54) is 0 Å². The molecule has 0 spiro atoms. The van der Waals surface area contributed by atoms with Crippen LogP contribution < -0.4 is 16.0 Å². The summed E-state index contributed by atoms with van der Waals surface area (Å²) in [6.07, 6.45) is 3.59. The van der Waals surface area contributed by atoms with Gasteiger partial charge in [0.25, 0.3) is 11.8 Å². The number of imide groups is 1. The Bertz CT molecular complexity index is 1170. The summed E-state index contributed by atoms with van der Waals surface area (Å²) in [4.78, 5) is 36.3. The molecular weight excluding hydrogens is 406 g/mol. The average molecular weight is 431 g/mol. The van der Waals surface area contributed by atoms with E-state index in [9.17, 15) is 14.4 Å². The lowest BCUT2D eigenvalue weighted by molar-refractivity contribution is -0.123. The minimum atomic E-state index is -1.19. The van der Waals surface area contributed by atoms with Crippen molar-refractivity contribution in [2.45, 2.75) is 32.2 Å². The first kappa shape index (κ1) is 21.3. The van der Waals surface area contributed by atoms with Crippen LogP contribution in [0.5, 0.6) is 0 Å². The third-order valence-electron chi connectivity index (χ3n) is 5.68. The molecule has 1 saturated heterocycles. The lowest BCUT2D eigenvalue weighted by atomic mass is 9.91. The summed E-state index contributed by atoms with van der Waals surface area (Å²) in [6, 6.07) is 16.1. The number of carbonyl (C=O) groups excluding carboxylic acids is 3. The zero-order chi connectivity index (χ0) is 22.7. The Labute approximate surface area is 186 Å². The number of para-hydroxylation sites is 1. The van der Waals surface area contributed by atoms with Crippen LogP contribution in [0.1, 0.15) is 40.5 Å². The Morgan fingerprint density at radius 1 is 1.12 bits per heavy atom. The largest absolute Gasteiger partial charge is 0.352 e. The van der Waals surface area contributed by atoms with Crippen molar-refractivity contribution >= 4 is 17.8 Å². The van der Waals surface area contributed by atoms with Crippen LogP contribution in [0.2, 0.25) is 0 Å². The van der Waals surface area contributed by atoms with Gasteiger partial charge in [-0.25, -0.2) is 9.48 Å². The number of hydrogen-bond donors (Lipinski definition) is 3. The Morgan fingerprint density at radius 2 is 1.91 bits per heavy atom. The fourth-order valence-corrected chi connectivity index (χ4v) is 3.75. The first-order chi connectivity index (χ1) is 15.4. The molecule has 1 aromatic heterocycles. The van der Waals surface area contributed by atoms with Crippen LogP contribution in [0.4, 0.5) is 4.79 Å². The normalized spacial score (nSPS) is 17.7. The number of urea groups is 1. The van der Waals surface area contributed by atoms with E-state index in [1.54, 1.807) is 31.2 Å². The molecule has 1 aliphatic heterocycles. The molecule has 4 rings (SSSR count). The van der Waals surface area contributed by atoms with Gasteiger partial charge in [-0.1, -0.05) is 30.3 Å². The molecular formula is C24H25N5O3. The van der Waals surface area contributed by atoms with Gasteiger partial charge in [-0.2, -0.15) is 5.10 Å². The molecule has 1 unspecified atom stereocenters. The quantitative estimate of drug-likeness (QED) is 0.395. The maximum Gasteiger partial charge on any atom is 0.322 e. The number of nitrogens with one attached hydrogen (secondary N) is 3. The van der Waals surface area contributed by atoms with Crippen molar-refractivity contribution in [2.75, 3.05) is 6.54 Å². The molecule has 1 atom stereocenters. The maximum absolute atomic E-state index is 12.6. The van der Waals surface area contributed by atoms with E-state index >= 15 is 0 Å². The van der Waals surface area contributed by atoms with E-state index in [0.29, 0.717) is 17.7 Å². The number of aryl methyl sites for hydroxylation is 2. The highest BCUT2D eigenvalue weighted by atomic mass is 16.2. The summed E-state index contributed by atoms with van der Waals surface area (Å²) >= 11 is 0. The molecule has 2 heterocycles. The van der Waals surface area contributed by atoms with Crippen LogP contribution in [0, 0.1) is 6.92 Å². The Balaban J connectivity index is 1.34. The van der Waals surface area contributed by atoms with Crippen LogP contribution in [0.15, 0.2) is 60.8 Å². The topological polar surface area (TPSA) is 105 Å². The van der Waals surface area contributed by atoms with Gasteiger partial charge in [-0.15, -0.1) is 0 Å². The van der Waals surface area contributed by atoms with E-state index in [0.717, 1.165) is 29.8 Å². The molecule has 8 heteroatoms. The Hall–Kier alpha value is -3.94. The third kappa shape index (κ3) is 4.25. The lowest BCUT2D eigenvalue weighted by Gasteiger charge is -2.21. The number of rotatable bonds is 7. The van der Waals surface area contributed by atoms with Gasteiger partial charge in [0.1, 0.15) is 5.54 Å². The summed E-state index contributed by atoms with van der Waals surface area (Å²) < 4.78 is 1.87. The average Bonchev–Trinajstić information content (AvgIpc) is 3.30. The molecule has 2 aromatic carbocycles. The number of amides is 4. The lowest BCUT2D eigenvalue weighted by Crippen LogP contribution is -2.40. The van der Waals surface area contributed by atoms with Crippen LogP contribution in [0.3, 0.4) is 0 Å². The minimum absolute atomic E-state index is 0.225. The molecule has 164 valence electrons. The van der Waals surface area contributed by atoms with Crippen molar-refractivity contribution in [3.8, 4) is 5.69 Å². The van der Waals surface area contributed by atoms with E-state index in [1.807, 2.05) is 48.1 Å². The molecule has 0 aliphatic carbocycles. The van der Waals surface area contributed by atoms with Gasteiger partial charge in [0.15, 0.2) is 0 Å². The van der Waals surface area contributed by atoms with Crippen molar-refractivity contribution in [2.24, 2.45) is 0 Å². The number of hydrogen-bond acceptors (Lipinski definition) is 4. The predicted octanol–water partition coefficient (Wildman–Crippen LogP) is 2.60. The third-order valence-corrected chi connectivity index (χ3v) is 5.68. The number of aromatic nitrogens is 2. The second-order valence-corrected chi connectivity index (χ2v) is 7.99. The van der Waals surface area contributed by atoms with Gasteiger partial charge in [0, 0.05) is 18.3 Å². The fourth-order valence-electron chi connectivity index (χ4n) is 3.75. The second kappa shape index (κ2) is 8.66. The van der Waals surface area contributed by atoms with Crippen molar-refractivity contribution in [3.63, 3.8) is 0 Å². The maximum atomic E-state index is 12.6. The highest BCUT2D eigenvalue weighted by molar-refractivity contribution is 6.07. The molecule has 4 amide bonds. The Kier molecular flexibility index (Phi) is 5.77. The van der Waals surface area contributed by atoms with Crippen molar-refractivity contribution in [1.29, 1.82) is 0 Å². The van der Waals surface area contributed by atoms with Crippen LogP contribution in [-0.4, -0.2) is 34.2 Å². The number of benzene rings is 2. The molecule has 8 nitrogen and oxygen atoms in total. The highest BCUT2D eigenvalue weighted by Gasteiger charge is 2.43. The molecule has 0 radical (unpaired) electrons. The van der Waals surface area contributed by atoms with Gasteiger partial charge in [-0.3, -0.25) is 14.9 Å². The highest BCUT2D eigenvalue weighted by Crippen LogP contribution is 2.25. The molecule has 3 aromatic rings.